The average Bonchev–Trinajstić information content (AvgIpc) is 0.741. The second-order valence-electron chi connectivity index (χ2n) is 29.1. The predicted octanol–water partition coefficient (Wildman–Crippen LogP) is 18.9. The van der Waals surface area contributed by atoms with Crippen LogP contribution in [0.2, 0.25) is 15.1 Å². The lowest BCUT2D eigenvalue weighted by Gasteiger charge is -2.20. The fourth-order valence-corrected chi connectivity index (χ4v) is 15.6. The number of carboxylic acid groups (broad SMARTS) is 3. The van der Waals surface area contributed by atoms with Crippen molar-refractivity contribution in [3.63, 3.8) is 0 Å². The van der Waals surface area contributed by atoms with Gasteiger partial charge in [0.1, 0.15) is 45.5 Å². The molecule has 0 spiro atoms. The van der Waals surface area contributed by atoms with E-state index in [0.717, 1.165) is 55.3 Å². The molecule has 12 aromatic rings. The maximum absolute atomic E-state index is 12.6. The number of anilines is 5. The summed E-state index contributed by atoms with van der Waals surface area (Å²) in [5.41, 5.74) is 27.8. The highest BCUT2D eigenvalue weighted by Gasteiger charge is 2.30. The Balaban J connectivity index is 0.000000168. The van der Waals surface area contributed by atoms with Crippen LogP contribution in [0.15, 0.2) is 258 Å². The maximum Gasteiger partial charge on any atom is 0.373 e. The van der Waals surface area contributed by atoms with E-state index in [1.165, 1.54) is 43.3 Å². The second kappa shape index (κ2) is 41.3. The fourth-order valence-electron chi connectivity index (χ4n) is 15.1. The van der Waals surface area contributed by atoms with Gasteiger partial charge >= 0.3 is 42.5 Å². The number of carbonyl (C=O) groups excluding carboxylic acids is 9. The van der Waals surface area contributed by atoms with Gasteiger partial charge < -0.3 is 61.1 Å². The SMILES string of the molecule is CC(=O)c1ccc2cccc(NCc3c(N)ccc4c(-c5cc(C)ccc5C(=O)O)c5cc(Cl)c(=O)cc-5oc34)c2n1.Cc1ccc(C(=O)O)c(-c2c3cc(Cl)c(=O)cc-3oc3c(CNc4cccc5cccnc45)c(N)ccc23)c1.Cc1ccc(C(=O)O)c(-c2c3cc(Cl)c(=O)cc-3oc3c(CNc4cccc5cccnc45)c(O)ccc23)c1.O=C=O.O=C=O.O=C=O.O=C=O. The second-order valence-corrected chi connectivity index (χ2v) is 30.3. The van der Waals surface area contributed by atoms with Gasteiger partial charge in [0.15, 0.2) is 5.78 Å². The first-order chi connectivity index (χ1) is 63.4. The van der Waals surface area contributed by atoms with Crippen molar-refractivity contribution in [2.75, 3.05) is 27.4 Å². The number of benzene rings is 12. The molecule has 3 aromatic heterocycles. The normalized spacial score (nSPS) is 10.5. The Hall–Kier alpha value is -17.5. The number of aromatic hydroxyl groups is 1. The molecule has 3 aliphatic carbocycles. The number of hydrogen-bond donors (Lipinski definition) is 9. The lowest BCUT2D eigenvalue weighted by molar-refractivity contribution is -0.193. The fraction of sp³-hybridized carbons (Fsp3) is 0.0707. The first-order valence-electron chi connectivity index (χ1n) is 39.1. The number of nitrogen functional groups attached to an aromatic ring is 2. The number of carbonyl (C=O) groups is 4. The molecule has 9 aromatic carbocycles. The summed E-state index contributed by atoms with van der Waals surface area (Å²) in [5.74, 6) is -2.66. The minimum absolute atomic E-state index is 0.00597. The molecule has 33 heteroatoms. The standard InChI is InChI=1S/C33H24ClN3O5.C31H22ClN3O4.C31H21ClN2O5.4CO2/c1-16-6-8-19(33(40)41)21(12-16)30-20-9-10-25(35)23(32(20)42-29-14-28(39)24(34)13-22(29)30)15-36-27-5-3-4-18-7-11-26(17(2)38)37-31(18)27;1-16-7-8-18(31(37)38)20(12-16)28-19-9-10-24(33)22(30(19)39-27-14-26(36)23(32)13-21(27)28)15-35-25-6-2-4-17-5-3-11-34-29(17)25;1-16-7-8-18(31(37)38)20(12-16)28-19-9-10-25(35)22(30(19)39-27-14-26(36)23(32)13-21(27)28)15-34-24-6-2-4-17-5-3-11-33-29(17)24;4*2-1-3/h3-14,36H,15,35H2,1-2H3,(H,40,41);2-14,35H,15,33H2,1H3,(H,37,38);2-14,34-35H,15H2,1H3,(H,37,38);;;;. The van der Waals surface area contributed by atoms with Gasteiger partial charge in [-0.05, 0) is 147 Å². The minimum Gasteiger partial charge on any atom is -0.507 e. The summed E-state index contributed by atoms with van der Waals surface area (Å²) < 4.78 is 18.9. The zero-order valence-electron chi connectivity index (χ0n) is 69.3. The van der Waals surface area contributed by atoms with E-state index in [-0.39, 0.29) is 98.3 Å². The van der Waals surface area contributed by atoms with Crippen LogP contribution in [0, 0.1) is 20.8 Å². The molecular formula is C99H67Cl3N8O22. The number of rotatable bonds is 16. The molecule has 18 rings (SSSR count). The third kappa shape index (κ3) is 20.0. The zero-order chi connectivity index (χ0) is 95.1. The molecule has 0 bridgehead atoms. The number of aromatic nitrogens is 3. The van der Waals surface area contributed by atoms with E-state index in [9.17, 15) is 54.0 Å². The Morgan fingerprint density at radius 1 is 0.379 bits per heavy atom. The van der Waals surface area contributed by atoms with Crippen LogP contribution in [0.1, 0.15) is 81.9 Å². The van der Waals surface area contributed by atoms with Gasteiger partial charge in [0.2, 0.25) is 16.3 Å². The Morgan fingerprint density at radius 3 is 1.03 bits per heavy atom. The van der Waals surface area contributed by atoms with Gasteiger partial charge in [-0.25, -0.2) is 19.4 Å². The number of para-hydroxylation sites is 3. The van der Waals surface area contributed by atoms with Crippen molar-refractivity contribution in [2.24, 2.45) is 0 Å². The Labute approximate surface area is 759 Å². The molecule has 0 unspecified atom stereocenters. The van der Waals surface area contributed by atoms with Crippen LogP contribution < -0.4 is 43.7 Å². The highest BCUT2D eigenvalue weighted by molar-refractivity contribution is 6.32. The molecule has 6 heterocycles. The van der Waals surface area contributed by atoms with Gasteiger partial charge in [-0.15, -0.1) is 0 Å². The predicted molar refractivity (Wildman–Crippen MR) is 491 cm³/mol. The number of nitrogens with one attached hydrogen (secondary N) is 3. The number of halogens is 3. The van der Waals surface area contributed by atoms with E-state index in [1.807, 2.05) is 112 Å². The maximum atomic E-state index is 12.6. The summed E-state index contributed by atoms with van der Waals surface area (Å²) in [6.45, 7) is 7.78. The van der Waals surface area contributed by atoms with Crippen LogP contribution in [0.4, 0.5) is 28.4 Å². The van der Waals surface area contributed by atoms with Crippen molar-refractivity contribution in [1.29, 1.82) is 0 Å². The molecule has 0 amide bonds. The lowest BCUT2D eigenvalue weighted by Crippen LogP contribution is -2.08. The van der Waals surface area contributed by atoms with Crippen molar-refractivity contribution in [3.8, 4) is 73.1 Å². The molecule has 0 radical (unpaired) electrons. The average molecular weight is 1830 g/mol. The van der Waals surface area contributed by atoms with Crippen molar-refractivity contribution < 1.29 is 91.2 Å². The first kappa shape index (κ1) is 93.7. The third-order valence-corrected chi connectivity index (χ3v) is 21.8. The summed E-state index contributed by atoms with van der Waals surface area (Å²) >= 11 is 18.7. The molecule has 0 saturated carbocycles. The molecule has 6 aliphatic rings. The number of nitrogens with two attached hydrogens (primary N) is 2. The molecule has 3 aliphatic heterocycles. The van der Waals surface area contributed by atoms with Gasteiger partial charge in [-0.1, -0.05) is 142 Å². The van der Waals surface area contributed by atoms with Crippen LogP contribution in [0.5, 0.6) is 5.75 Å². The van der Waals surface area contributed by atoms with E-state index in [2.05, 4.69) is 30.9 Å². The van der Waals surface area contributed by atoms with Crippen LogP contribution >= 0.6 is 34.8 Å². The largest absolute Gasteiger partial charge is 0.507 e. The topological polar surface area (TPSA) is 503 Å². The van der Waals surface area contributed by atoms with Crippen molar-refractivity contribution in [2.45, 2.75) is 47.3 Å². The Morgan fingerprint density at radius 2 is 0.689 bits per heavy atom. The summed E-state index contributed by atoms with van der Waals surface area (Å²) in [4.78, 5) is 165. The number of phenols is 1. The number of carboxylic acids is 3. The molecule has 11 N–H and O–H groups in total. The van der Waals surface area contributed by atoms with Crippen LogP contribution in [-0.4, -0.2) is 83.7 Å². The molecule has 0 atom stereocenters. The number of ketones is 1. The number of nitrogens with zero attached hydrogens (tertiary/aromatic N) is 3. The van der Waals surface area contributed by atoms with Crippen LogP contribution in [-0.2, 0) is 58.0 Å². The van der Waals surface area contributed by atoms with Crippen molar-refractivity contribution >= 4 is 177 Å². The summed E-state index contributed by atoms with van der Waals surface area (Å²) in [5, 5.41) is 55.8. The number of fused-ring (bicyclic) bond motifs is 9. The van der Waals surface area contributed by atoms with E-state index in [4.69, 9.17) is 97.9 Å². The van der Waals surface area contributed by atoms with Crippen molar-refractivity contribution in [3.05, 3.63) is 332 Å². The Kier molecular flexibility index (Phi) is 29.3. The minimum atomic E-state index is -1.09. The smallest absolute Gasteiger partial charge is 0.373 e. The number of aromatic carboxylic acids is 3. The molecule has 656 valence electrons. The highest BCUT2D eigenvalue weighted by atomic mass is 35.5. The van der Waals surface area contributed by atoms with Crippen LogP contribution in [0.25, 0.3) is 133 Å². The summed E-state index contributed by atoms with van der Waals surface area (Å²) in [6, 6.07) is 62.5. The molecule has 0 fully saturated rings. The quantitative estimate of drug-likeness (QED) is 0.0246. The summed E-state index contributed by atoms with van der Waals surface area (Å²) in [6.07, 6.45) is 4.45. The molecule has 30 nitrogen and oxygen atoms in total. The highest BCUT2D eigenvalue weighted by Crippen LogP contribution is 2.49. The number of pyridine rings is 3. The van der Waals surface area contributed by atoms with E-state index in [1.54, 1.807) is 103 Å². The monoisotopic (exact) mass is 1820 g/mol. The first-order valence-corrected chi connectivity index (χ1v) is 40.2. The van der Waals surface area contributed by atoms with E-state index in [0.29, 0.717) is 134 Å². The van der Waals surface area contributed by atoms with E-state index < -0.39 is 34.2 Å². The third-order valence-electron chi connectivity index (χ3n) is 20.9. The number of aryl methyl sites for hydroxylation is 3. The van der Waals surface area contributed by atoms with Crippen LogP contribution in [0.3, 0.4) is 0 Å². The number of Topliss-reactive ketones (excluding diaryl/α,β-unsaturated/α-hetero) is 1. The number of hydrogen-bond acceptors (Lipinski definition) is 27. The van der Waals surface area contributed by atoms with Gasteiger partial charge in [0, 0.05) is 145 Å². The van der Waals surface area contributed by atoms with Gasteiger partial charge in [-0.3, -0.25) is 29.1 Å². The van der Waals surface area contributed by atoms with E-state index >= 15 is 0 Å². The van der Waals surface area contributed by atoms with Crippen molar-refractivity contribution in [1.82, 2.24) is 15.0 Å². The van der Waals surface area contributed by atoms with Gasteiger partial charge in [0.05, 0.1) is 70.9 Å². The molecular weight excluding hydrogens is 1760 g/mol. The van der Waals surface area contributed by atoms with Gasteiger partial charge in [-0.2, -0.15) is 38.4 Å². The number of phenolic OH excluding ortho intramolecular Hbond substituents is 1. The molecule has 132 heavy (non-hydrogen) atoms. The van der Waals surface area contributed by atoms with Gasteiger partial charge in [0.25, 0.3) is 0 Å². The zero-order valence-corrected chi connectivity index (χ0v) is 71.6. The lowest BCUT2D eigenvalue weighted by atomic mass is 9.89. The molecule has 0 saturated heterocycles. The Bertz CT molecular complexity index is 7560. The summed E-state index contributed by atoms with van der Waals surface area (Å²) in [7, 11) is 0.